The van der Waals surface area contributed by atoms with E-state index in [4.69, 9.17) is 9.15 Å². The smallest absolute Gasteiger partial charge is 0.289 e. The fourth-order valence-corrected chi connectivity index (χ4v) is 4.50. The predicted octanol–water partition coefficient (Wildman–Crippen LogP) is 2.53. The average molecular weight is 372 g/mol. The van der Waals surface area contributed by atoms with Crippen molar-refractivity contribution >= 4 is 16.9 Å². The number of aliphatic hydroxyl groups excluding tert-OH is 1. The number of fused-ring (bicyclic) bond motifs is 1. The molecule has 0 saturated carbocycles. The molecule has 0 spiro atoms. The Morgan fingerprint density at radius 3 is 2.70 bits per heavy atom. The molecule has 0 radical (unpaired) electrons. The standard InChI is InChI=1S/C21H28N2O4/c1-14-18-6-5-17(26-2)9-19(18)27-20(14)21(25)23-11-15(16(12-23)13-24)10-22-7-3-4-8-22/h5-6,9,15-16,24H,3-4,7-8,10-13H2,1-2H3/t15-,16-/m1/s1. The van der Waals surface area contributed by atoms with Crippen LogP contribution in [-0.4, -0.2) is 67.3 Å². The van der Waals surface area contributed by atoms with Crippen LogP contribution in [0, 0.1) is 18.8 Å². The van der Waals surface area contributed by atoms with Crippen molar-refractivity contribution in [3.63, 3.8) is 0 Å². The minimum atomic E-state index is -0.0787. The fraction of sp³-hybridized carbons (Fsp3) is 0.571. The minimum Gasteiger partial charge on any atom is -0.497 e. The molecule has 146 valence electrons. The number of furan rings is 1. The van der Waals surface area contributed by atoms with Crippen molar-refractivity contribution in [3.05, 3.63) is 29.5 Å². The van der Waals surface area contributed by atoms with E-state index in [2.05, 4.69) is 4.90 Å². The van der Waals surface area contributed by atoms with Gasteiger partial charge in [-0.2, -0.15) is 0 Å². The Hall–Kier alpha value is -2.05. The maximum absolute atomic E-state index is 13.1. The second-order valence-corrected chi connectivity index (χ2v) is 7.84. The lowest BCUT2D eigenvalue weighted by molar-refractivity contribution is 0.0749. The van der Waals surface area contributed by atoms with Crippen molar-refractivity contribution in [3.8, 4) is 5.75 Å². The largest absolute Gasteiger partial charge is 0.497 e. The number of aryl methyl sites for hydroxylation is 1. The van der Waals surface area contributed by atoms with Crippen molar-refractivity contribution in [1.82, 2.24) is 9.80 Å². The molecule has 4 rings (SSSR count). The molecule has 3 heterocycles. The van der Waals surface area contributed by atoms with Crippen LogP contribution in [0.2, 0.25) is 0 Å². The number of hydrogen-bond acceptors (Lipinski definition) is 5. The Morgan fingerprint density at radius 1 is 1.26 bits per heavy atom. The number of carbonyl (C=O) groups is 1. The van der Waals surface area contributed by atoms with Crippen LogP contribution in [0.25, 0.3) is 11.0 Å². The first-order chi connectivity index (χ1) is 13.1. The maximum atomic E-state index is 13.1. The number of ether oxygens (including phenoxy) is 1. The highest BCUT2D eigenvalue weighted by molar-refractivity contribution is 5.99. The van der Waals surface area contributed by atoms with Crippen LogP contribution in [0.3, 0.4) is 0 Å². The average Bonchev–Trinajstić information content (AvgIpc) is 3.41. The van der Waals surface area contributed by atoms with Gasteiger partial charge in [-0.05, 0) is 50.9 Å². The van der Waals surface area contributed by atoms with Gasteiger partial charge >= 0.3 is 0 Å². The zero-order valence-corrected chi connectivity index (χ0v) is 16.1. The number of hydrogen-bond donors (Lipinski definition) is 1. The molecule has 2 aromatic rings. The van der Waals surface area contributed by atoms with Gasteiger partial charge in [0.05, 0.1) is 7.11 Å². The summed E-state index contributed by atoms with van der Waals surface area (Å²) in [6.07, 6.45) is 2.50. The summed E-state index contributed by atoms with van der Waals surface area (Å²) in [7, 11) is 1.61. The van der Waals surface area contributed by atoms with E-state index < -0.39 is 0 Å². The quantitative estimate of drug-likeness (QED) is 0.874. The lowest BCUT2D eigenvalue weighted by atomic mass is 9.96. The number of amides is 1. The van der Waals surface area contributed by atoms with E-state index in [1.54, 1.807) is 7.11 Å². The molecule has 6 nitrogen and oxygen atoms in total. The number of nitrogens with zero attached hydrogens (tertiary/aromatic N) is 2. The molecule has 0 unspecified atom stereocenters. The molecule has 2 saturated heterocycles. The van der Waals surface area contributed by atoms with E-state index >= 15 is 0 Å². The summed E-state index contributed by atoms with van der Waals surface area (Å²) in [5, 5.41) is 10.7. The Bertz CT molecular complexity index is 825. The van der Waals surface area contributed by atoms with Gasteiger partial charge in [0.2, 0.25) is 0 Å². The zero-order valence-electron chi connectivity index (χ0n) is 16.1. The fourth-order valence-electron chi connectivity index (χ4n) is 4.50. The summed E-state index contributed by atoms with van der Waals surface area (Å²) >= 11 is 0. The number of carbonyl (C=O) groups excluding carboxylic acids is 1. The van der Waals surface area contributed by atoms with Gasteiger partial charge in [-0.15, -0.1) is 0 Å². The van der Waals surface area contributed by atoms with Gasteiger partial charge in [0.1, 0.15) is 11.3 Å². The van der Waals surface area contributed by atoms with Gasteiger partial charge in [-0.25, -0.2) is 0 Å². The van der Waals surface area contributed by atoms with Crippen LogP contribution in [0.5, 0.6) is 5.75 Å². The molecule has 6 heteroatoms. The van der Waals surface area contributed by atoms with Crippen LogP contribution in [0.1, 0.15) is 29.0 Å². The Labute approximate surface area is 159 Å². The SMILES string of the molecule is COc1ccc2c(C)c(C(=O)N3C[C@@H](CN4CCCC4)[C@@H](CO)C3)oc2c1. The molecule has 1 N–H and O–H groups in total. The summed E-state index contributed by atoms with van der Waals surface area (Å²) in [5.41, 5.74) is 1.53. The van der Waals surface area contributed by atoms with Gasteiger partial charge in [0.25, 0.3) is 5.91 Å². The number of benzene rings is 1. The highest BCUT2D eigenvalue weighted by Crippen LogP contribution is 2.32. The van der Waals surface area contributed by atoms with Crippen molar-refractivity contribution < 1.29 is 19.1 Å². The number of aliphatic hydroxyl groups is 1. The molecule has 1 amide bonds. The summed E-state index contributed by atoms with van der Waals surface area (Å²) in [5.74, 6) is 1.49. The highest BCUT2D eigenvalue weighted by Gasteiger charge is 2.37. The van der Waals surface area contributed by atoms with Crippen molar-refractivity contribution in [2.24, 2.45) is 11.8 Å². The molecule has 2 atom stereocenters. The summed E-state index contributed by atoms with van der Waals surface area (Å²) in [4.78, 5) is 17.5. The van der Waals surface area contributed by atoms with E-state index in [-0.39, 0.29) is 18.4 Å². The van der Waals surface area contributed by atoms with E-state index in [1.807, 2.05) is 30.0 Å². The van der Waals surface area contributed by atoms with E-state index in [1.165, 1.54) is 12.8 Å². The van der Waals surface area contributed by atoms with Gasteiger partial charge in [0.15, 0.2) is 5.76 Å². The zero-order chi connectivity index (χ0) is 19.0. The third-order valence-corrected chi connectivity index (χ3v) is 6.13. The number of likely N-dealkylation sites (tertiary alicyclic amines) is 2. The molecular weight excluding hydrogens is 344 g/mol. The molecule has 2 aliphatic rings. The molecular formula is C21H28N2O4. The number of rotatable bonds is 5. The predicted molar refractivity (Wildman–Crippen MR) is 103 cm³/mol. The topological polar surface area (TPSA) is 66.2 Å². The molecule has 1 aromatic heterocycles. The third kappa shape index (κ3) is 3.44. The Balaban J connectivity index is 1.53. The van der Waals surface area contributed by atoms with E-state index in [0.717, 1.165) is 30.6 Å². The van der Waals surface area contributed by atoms with Crippen LogP contribution < -0.4 is 4.74 Å². The molecule has 2 aliphatic heterocycles. The minimum absolute atomic E-state index is 0.0787. The van der Waals surface area contributed by atoms with Gasteiger partial charge < -0.3 is 24.1 Å². The van der Waals surface area contributed by atoms with Gasteiger partial charge in [-0.1, -0.05) is 0 Å². The summed E-state index contributed by atoms with van der Waals surface area (Å²) < 4.78 is 11.2. The summed E-state index contributed by atoms with van der Waals surface area (Å²) in [6, 6.07) is 5.62. The first-order valence-corrected chi connectivity index (χ1v) is 9.80. The maximum Gasteiger partial charge on any atom is 0.289 e. The van der Waals surface area contributed by atoms with Gasteiger partial charge in [0, 0.05) is 49.2 Å². The molecule has 0 aliphatic carbocycles. The lowest BCUT2D eigenvalue weighted by Crippen LogP contribution is -2.32. The summed E-state index contributed by atoms with van der Waals surface area (Å²) in [6.45, 7) is 6.55. The van der Waals surface area contributed by atoms with E-state index in [9.17, 15) is 9.90 Å². The van der Waals surface area contributed by atoms with Gasteiger partial charge in [-0.3, -0.25) is 4.79 Å². The first-order valence-electron chi connectivity index (χ1n) is 9.80. The van der Waals surface area contributed by atoms with Crippen LogP contribution >= 0.6 is 0 Å². The van der Waals surface area contributed by atoms with Crippen LogP contribution in [0.15, 0.2) is 22.6 Å². The molecule has 1 aromatic carbocycles. The molecule has 2 fully saturated rings. The third-order valence-electron chi connectivity index (χ3n) is 6.13. The first kappa shape index (κ1) is 18.3. The van der Waals surface area contributed by atoms with Crippen LogP contribution in [0.4, 0.5) is 0 Å². The molecule has 0 bridgehead atoms. The number of methoxy groups -OCH3 is 1. The molecule has 27 heavy (non-hydrogen) atoms. The Kier molecular flexibility index (Phi) is 5.10. The van der Waals surface area contributed by atoms with E-state index in [0.29, 0.717) is 36.1 Å². The van der Waals surface area contributed by atoms with Crippen LogP contribution in [-0.2, 0) is 0 Å². The van der Waals surface area contributed by atoms with Crippen molar-refractivity contribution in [2.75, 3.05) is 46.4 Å². The monoisotopic (exact) mass is 372 g/mol. The highest BCUT2D eigenvalue weighted by atomic mass is 16.5. The second kappa shape index (κ2) is 7.52. The normalized spacial score (nSPS) is 23.4. The van der Waals surface area contributed by atoms with Crippen molar-refractivity contribution in [1.29, 1.82) is 0 Å². The lowest BCUT2D eigenvalue weighted by Gasteiger charge is -2.22. The van der Waals surface area contributed by atoms with Crippen molar-refractivity contribution in [2.45, 2.75) is 19.8 Å². The Morgan fingerprint density at radius 2 is 2.00 bits per heavy atom. The second-order valence-electron chi connectivity index (χ2n) is 7.84.